The van der Waals surface area contributed by atoms with E-state index in [9.17, 15) is 14.4 Å². The van der Waals surface area contributed by atoms with Gasteiger partial charge in [0.15, 0.2) is 0 Å². The highest BCUT2D eigenvalue weighted by atomic mass is 16.7. The molecule has 28 heavy (non-hydrogen) atoms. The van der Waals surface area contributed by atoms with E-state index in [0.717, 1.165) is 11.1 Å². The van der Waals surface area contributed by atoms with Gasteiger partial charge in [-0.15, -0.1) is 0 Å². The van der Waals surface area contributed by atoms with Gasteiger partial charge in [0.05, 0.1) is 11.1 Å². The predicted molar refractivity (Wildman–Crippen MR) is 100 cm³/mol. The van der Waals surface area contributed by atoms with Crippen molar-refractivity contribution in [2.24, 2.45) is 0 Å². The highest BCUT2D eigenvalue weighted by Crippen LogP contribution is 2.23. The predicted octanol–water partition coefficient (Wildman–Crippen LogP) is 2.10. The van der Waals surface area contributed by atoms with Gasteiger partial charge >= 0.3 is 18.0 Å². The summed E-state index contributed by atoms with van der Waals surface area (Å²) in [6.45, 7) is 4.90. The van der Waals surface area contributed by atoms with E-state index in [4.69, 9.17) is 14.6 Å². The Labute approximate surface area is 161 Å². The van der Waals surface area contributed by atoms with Gasteiger partial charge in [0, 0.05) is 57.3 Å². The van der Waals surface area contributed by atoms with Crippen molar-refractivity contribution in [2.45, 2.75) is 20.1 Å². The molecule has 2 heterocycles. The minimum Gasteiger partial charge on any atom is -0.478 e. The summed E-state index contributed by atoms with van der Waals surface area (Å²) in [5.41, 5.74) is 1.80. The van der Waals surface area contributed by atoms with Crippen molar-refractivity contribution < 1.29 is 29.0 Å². The Kier molecular flexibility index (Phi) is 5.62. The van der Waals surface area contributed by atoms with Crippen molar-refractivity contribution in [3.05, 3.63) is 36.0 Å². The first-order chi connectivity index (χ1) is 13.3. The average molecular weight is 387 g/mol. The Bertz CT molecular complexity index is 908. The van der Waals surface area contributed by atoms with Gasteiger partial charge in [-0.1, -0.05) is 6.07 Å². The zero-order chi connectivity index (χ0) is 20.3. The molecule has 1 unspecified atom stereocenters. The highest BCUT2D eigenvalue weighted by molar-refractivity contribution is 5.93. The lowest BCUT2D eigenvalue weighted by Crippen LogP contribution is -2.49. The molecule has 1 atom stereocenters. The molecular formula is C19H21N3O6. The van der Waals surface area contributed by atoms with E-state index in [0.29, 0.717) is 31.7 Å². The number of pyridine rings is 1. The van der Waals surface area contributed by atoms with Crippen LogP contribution in [-0.2, 0) is 14.3 Å². The quantitative estimate of drug-likeness (QED) is 0.627. The molecule has 2 aromatic rings. The van der Waals surface area contributed by atoms with Gasteiger partial charge in [0.25, 0.3) is 0 Å². The van der Waals surface area contributed by atoms with Gasteiger partial charge in [0.1, 0.15) is 0 Å². The van der Waals surface area contributed by atoms with E-state index < -0.39 is 24.3 Å². The maximum Gasteiger partial charge on any atom is 0.412 e. The Hall–Kier alpha value is -3.36. The van der Waals surface area contributed by atoms with Crippen LogP contribution in [0.3, 0.4) is 0 Å². The van der Waals surface area contributed by atoms with E-state index in [-0.39, 0.29) is 5.56 Å². The van der Waals surface area contributed by atoms with E-state index in [1.54, 1.807) is 11.0 Å². The molecule has 1 N–H and O–H groups in total. The first kappa shape index (κ1) is 19.4. The molecule has 1 saturated heterocycles. The third-order valence-corrected chi connectivity index (χ3v) is 4.42. The number of hydrogen-bond acceptors (Lipinski definition) is 7. The second-order valence-corrected chi connectivity index (χ2v) is 6.44. The summed E-state index contributed by atoms with van der Waals surface area (Å²) in [7, 11) is 0. The van der Waals surface area contributed by atoms with Gasteiger partial charge in [-0.3, -0.25) is 9.78 Å². The summed E-state index contributed by atoms with van der Waals surface area (Å²) in [5.74, 6) is -1.52. The van der Waals surface area contributed by atoms with Gasteiger partial charge in [-0.2, -0.15) is 0 Å². The number of hydrogen-bond donors (Lipinski definition) is 1. The largest absolute Gasteiger partial charge is 0.478 e. The number of piperazine rings is 1. The van der Waals surface area contributed by atoms with Gasteiger partial charge in [-0.25, -0.2) is 9.59 Å². The number of fused-ring (bicyclic) bond motifs is 1. The standard InChI is InChI=1S/C19H21N3O6/c1-12(23)27-13(2)28-19(26)22-7-5-21(6-8-22)16-4-3-14-9-15(18(24)25)11-20-17(14)10-16/h3-4,9-11,13H,5-8H2,1-2H3,(H,24,25). The molecule has 9 nitrogen and oxygen atoms in total. The Balaban J connectivity index is 1.61. The smallest absolute Gasteiger partial charge is 0.412 e. The fourth-order valence-corrected chi connectivity index (χ4v) is 3.04. The molecule has 1 aromatic carbocycles. The molecule has 3 rings (SSSR count). The first-order valence-electron chi connectivity index (χ1n) is 8.84. The minimum atomic E-state index is -1.01. The molecule has 1 aliphatic heterocycles. The number of rotatable bonds is 4. The van der Waals surface area contributed by atoms with Crippen LogP contribution in [0.4, 0.5) is 10.5 Å². The highest BCUT2D eigenvalue weighted by Gasteiger charge is 2.24. The number of carbonyl (C=O) groups is 3. The Morgan fingerprint density at radius 3 is 2.46 bits per heavy atom. The number of esters is 1. The number of anilines is 1. The summed E-state index contributed by atoms with van der Waals surface area (Å²) >= 11 is 0. The van der Waals surface area contributed by atoms with Crippen LogP contribution in [-0.4, -0.2) is 65.5 Å². The number of nitrogens with zero attached hydrogens (tertiary/aromatic N) is 3. The van der Waals surface area contributed by atoms with Crippen molar-refractivity contribution in [2.75, 3.05) is 31.1 Å². The van der Waals surface area contributed by atoms with Crippen LogP contribution in [0.15, 0.2) is 30.5 Å². The van der Waals surface area contributed by atoms with Crippen molar-refractivity contribution in [1.29, 1.82) is 0 Å². The zero-order valence-electron chi connectivity index (χ0n) is 15.6. The molecule has 1 fully saturated rings. The van der Waals surface area contributed by atoms with Crippen molar-refractivity contribution in [1.82, 2.24) is 9.88 Å². The molecule has 148 valence electrons. The molecule has 0 bridgehead atoms. The summed E-state index contributed by atoms with van der Waals surface area (Å²) in [6, 6.07) is 7.24. The van der Waals surface area contributed by atoms with Crippen LogP contribution in [0.25, 0.3) is 10.9 Å². The lowest BCUT2D eigenvalue weighted by molar-refractivity contribution is -0.163. The zero-order valence-corrected chi connectivity index (χ0v) is 15.6. The lowest BCUT2D eigenvalue weighted by Gasteiger charge is -2.35. The first-order valence-corrected chi connectivity index (χ1v) is 8.84. The Morgan fingerprint density at radius 1 is 1.11 bits per heavy atom. The number of aromatic nitrogens is 1. The number of carboxylic acid groups (broad SMARTS) is 1. The minimum absolute atomic E-state index is 0.148. The fourth-order valence-electron chi connectivity index (χ4n) is 3.04. The topological polar surface area (TPSA) is 109 Å². The van der Waals surface area contributed by atoms with Crippen molar-refractivity contribution in [3.63, 3.8) is 0 Å². The molecular weight excluding hydrogens is 366 g/mol. The molecule has 9 heteroatoms. The van der Waals surface area contributed by atoms with Crippen molar-refractivity contribution >= 4 is 34.6 Å². The van der Waals surface area contributed by atoms with Crippen LogP contribution in [0.2, 0.25) is 0 Å². The summed E-state index contributed by atoms with van der Waals surface area (Å²) < 4.78 is 9.90. The van der Waals surface area contributed by atoms with Crippen LogP contribution >= 0.6 is 0 Å². The second-order valence-electron chi connectivity index (χ2n) is 6.44. The normalized spacial score (nSPS) is 15.2. The van der Waals surface area contributed by atoms with Crippen LogP contribution in [0, 0.1) is 0 Å². The number of benzene rings is 1. The van der Waals surface area contributed by atoms with Gasteiger partial charge in [-0.05, 0) is 18.2 Å². The molecule has 1 amide bonds. The number of ether oxygens (including phenoxy) is 2. The molecule has 0 aliphatic carbocycles. The Morgan fingerprint density at radius 2 is 1.82 bits per heavy atom. The third kappa shape index (κ3) is 4.48. The molecule has 0 spiro atoms. The van der Waals surface area contributed by atoms with Crippen LogP contribution in [0.1, 0.15) is 24.2 Å². The summed E-state index contributed by atoms with van der Waals surface area (Å²) in [4.78, 5) is 42.0. The number of amides is 1. The number of aromatic carboxylic acids is 1. The van der Waals surface area contributed by atoms with Crippen LogP contribution < -0.4 is 4.90 Å². The number of carboxylic acids is 1. The third-order valence-electron chi connectivity index (χ3n) is 4.42. The van der Waals surface area contributed by atoms with Crippen molar-refractivity contribution in [3.8, 4) is 0 Å². The van der Waals surface area contributed by atoms with E-state index in [1.807, 2.05) is 18.2 Å². The SMILES string of the molecule is CC(=O)OC(C)OC(=O)N1CCN(c2ccc3cc(C(=O)O)cnc3c2)CC1. The van der Waals surface area contributed by atoms with E-state index in [1.165, 1.54) is 20.0 Å². The average Bonchev–Trinajstić information content (AvgIpc) is 2.66. The monoisotopic (exact) mass is 387 g/mol. The fraction of sp³-hybridized carbons (Fsp3) is 0.368. The molecule has 1 aromatic heterocycles. The molecule has 0 saturated carbocycles. The van der Waals surface area contributed by atoms with E-state index in [2.05, 4.69) is 9.88 Å². The van der Waals surface area contributed by atoms with E-state index >= 15 is 0 Å². The second kappa shape index (κ2) is 8.12. The van der Waals surface area contributed by atoms with Crippen LogP contribution in [0.5, 0.6) is 0 Å². The number of carbonyl (C=O) groups excluding carboxylic acids is 2. The van der Waals surface area contributed by atoms with Gasteiger partial charge in [0.2, 0.25) is 6.29 Å². The summed E-state index contributed by atoms with van der Waals surface area (Å²) in [6.07, 6.45) is -0.104. The van der Waals surface area contributed by atoms with Gasteiger partial charge < -0.3 is 24.4 Å². The maximum absolute atomic E-state index is 12.1. The molecule has 1 aliphatic rings. The summed E-state index contributed by atoms with van der Waals surface area (Å²) in [5, 5.41) is 9.81. The molecule has 0 radical (unpaired) electrons. The maximum atomic E-state index is 12.1. The lowest BCUT2D eigenvalue weighted by atomic mass is 10.1.